The molecule has 6 nitrogen and oxygen atoms in total. The molecule has 2 heterocycles. The normalized spacial score (nSPS) is 11.9. The van der Waals surface area contributed by atoms with E-state index in [9.17, 15) is 4.79 Å². The fourth-order valence-electron chi connectivity index (χ4n) is 3.25. The van der Waals surface area contributed by atoms with Crippen molar-refractivity contribution >= 4 is 34.3 Å². The predicted molar refractivity (Wildman–Crippen MR) is 122 cm³/mol. The average molecular weight is 430 g/mol. The number of hydrogen-bond donors (Lipinski definition) is 2. The Hall–Kier alpha value is -3.84. The van der Waals surface area contributed by atoms with Crippen LogP contribution in [0.1, 0.15) is 5.69 Å². The predicted octanol–water partition coefficient (Wildman–Crippen LogP) is 5.46. The van der Waals surface area contributed by atoms with Gasteiger partial charge in [0.1, 0.15) is 5.01 Å². The van der Waals surface area contributed by atoms with E-state index in [4.69, 9.17) is 9.47 Å². The molecule has 0 spiro atoms. The first-order valence-electron chi connectivity index (χ1n) is 9.79. The summed E-state index contributed by atoms with van der Waals surface area (Å²) in [6.45, 7) is 0.241. The Kier molecular flexibility index (Phi) is 5.24. The van der Waals surface area contributed by atoms with E-state index in [1.807, 2.05) is 78.2 Å². The number of carbonyl (C=O) groups is 1. The fraction of sp³-hybridized carbons (Fsp3) is 0.0833. The minimum atomic E-state index is -0.105. The molecule has 0 radical (unpaired) electrons. The molecule has 0 saturated carbocycles. The molecule has 2 N–H and O–H groups in total. The van der Waals surface area contributed by atoms with Crippen LogP contribution in [0, 0.1) is 0 Å². The molecule has 0 unspecified atom stereocenters. The molecule has 154 valence electrons. The van der Waals surface area contributed by atoms with Crippen LogP contribution in [0.2, 0.25) is 0 Å². The van der Waals surface area contributed by atoms with Crippen molar-refractivity contribution in [3.05, 3.63) is 83.9 Å². The highest BCUT2D eigenvalue weighted by Crippen LogP contribution is 2.36. The first-order chi connectivity index (χ1) is 15.2. The van der Waals surface area contributed by atoms with Crippen LogP contribution in [-0.2, 0) is 11.2 Å². The number of rotatable bonds is 6. The number of nitrogens with one attached hydrogen (secondary N) is 2. The van der Waals surface area contributed by atoms with E-state index in [2.05, 4.69) is 15.6 Å². The maximum absolute atomic E-state index is 12.5. The van der Waals surface area contributed by atoms with Crippen molar-refractivity contribution in [2.24, 2.45) is 0 Å². The molecule has 0 bridgehead atoms. The highest BCUT2D eigenvalue weighted by molar-refractivity contribution is 7.13. The van der Waals surface area contributed by atoms with Crippen LogP contribution in [-0.4, -0.2) is 17.7 Å². The number of thiazole rings is 1. The van der Waals surface area contributed by atoms with Gasteiger partial charge in [-0.25, -0.2) is 4.98 Å². The van der Waals surface area contributed by atoms with Crippen molar-refractivity contribution in [1.29, 1.82) is 0 Å². The van der Waals surface area contributed by atoms with Gasteiger partial charge in [0.2, 0.25) is 12.7 Å². The number of fused-ring (bicyclic) bond motifs is 1. The summed E-state index contributed by atoms with van der Waals surface area (Å²) in [5, 5.41) is 9.00. The smallest absolute Gasteiger partial charge is 0.231 e. The highest BCUT2D eigenvalue weighted by atomic mass is 32.1. The number of ether oxygens (including phenoxy) is 2. The topological polar surface area (TPSA) is 72.5 Å². The fourth-order valence-corrected chi connectivity index (χ4v) is 4.06. The van der Waals surface area contributed by atoms with Crippen molar-refractivity contribution in [2.75, 3.05) is 17.4 Å². The molecule has 1 aliphatic heterocycles. The summed E-state index contributed by atoms with van der Waals surface area (Å²) in [5.74, 6) is 1.35. The minimum Gasteiger partial charge on any atom is -0.454 e. The van der Waals surface area contributed by atoms with Gasteiger partial charge in [0.25, 0.3) is 0 Å². The quantitative estimate of drug-likeness (QED) is 0.426. The zero-order chi connectivity index (χ0) is 21.0. The molecule has 3 aromatic carbocycles. The Balaban J connectivity index is 1.19. The summed E-state index contributed by atoms with van der Waals surface area (Å²) in [6.07, 6.45) is 0.213. The van der Waals surface area contributed by atoms with Crippen molar-refractivity contribution < 1.29 is 14.3 Å². The molecule has 5 rings (SSSR count). The Morgan fingerprint density at radius 3 is 2.48 bits per heavy atom. The number of carbonyl (C=O) groups excluding carboxylic acids is 1. The Labute approximate surface area is 183 Å². The van der Waals surface area contributed by atoms with E-state index in [1.165, 1.54) is 11.3 Å². The molecule has 0 aliphatic carbocycles. The number of benzene rings is 3. The summed E-state index contributed by atoms with van der Waals surface area (Å²) >= 11 is 1.50. The van der Waals surface area contributed by atoms with Crippen LogP contribution in [0.25, 0.3) is 10.6 Å². The lowest BCUT2D eigenvalue weighted by Crippen LogP contribution is -2.14. The van der Waals surface area contributed by atoms with Gasteiger partial charge in [0.15, 0.2) is 11.5 Å². The largest absolute Gasteiger partial charge is 0.454 e. The van der Waals surface area contributed by atoms with Gasteiger partial charge in [-0.05, 0) is 54.6 Å². The summed E-state index contributed by atoms with van der Waals surface area (Å²) in [5.41, 5.74) is 4.40. The van der Waals surface area contributed by atoms with Gasteiger partial charge in [0.05, 0.1) is 12.1 Å². The second kappa shape index (κ2) is 8.49. The third-order valence-electron chi connectivity index (χ3n) is 4.74. The van der Waals surface area contributed by atoms with Gasteiger partial charge in [-0.1, -0.05) is 18.2 Å². The van der Waals surface area contributed by atoms with E-state index in [0.29, 0.717) is 0 Å². The van der Waals surface area contributed by atoms with Gasteiger partial charge in [-0.15, -0.1) is 11.3 Å². The lowest BCUT2D eigenvalue weighted by atomic mass is 10.2. The maximum atomic E-state index is 12.5. The zero-order valence-corrected chi connectivity index (χ0v) is 17.3. The molecule has 1 amide bonds. The van der Waals surface area contributed by atoms with Gasteiger partial charge in [-0.3, -0.25) is 4.79 Å². The van der Waals surface area contributed by atoms with Gasteiger partial charge in [-0.2, -0.15) is 0 Å². The van der Waals surface area contributed by atoms with Crippen molar-refractivity contribution in [2.45, 2.75) is 6.42 Å². The zero-order valence-electron chi connectivity index (χ0n) is 16.5. The number of hydrogen-bond acceptors (Lipinski definition) is 6. The van der Waals surface area contributed by atoms with Gasteiger partial charge >= 0.3 is 0 Å². The Morgan fingerprint density at radius 1 is 0.903 bits per heavy atom. The molecule has 1 aromatic heterocycles. The second-order valence-electron chi connectivity index (χ2n) is 7.01. The van der Waals surface area contributed by atoms with E-state index in [-0.39, 0.29) is 19.1 Å². The molecule has 31 heavy (non-hydrogen) atoms. The number of aromatic nitrogens is 1. The van der Waals surface area contributed by atoms with E-state index in [0.717, 1.165) is 44.8 Å². The number of nitrogens with zero attached hydrogens (tertiary/aromatic N) is 1. The lowest BCUT2D eigenvalue weighted by molar-refractivity contribution is -0.115. The van der Waals surface area contributed by atoms with Gasteiger partial charge < -0.3 is 20.1 Å². The number of amides is 1. The molecule has 4 aromatic rings. The molecule has 0 atom stereocenters. The average Bonchev–Trinajstić information content (AvgIpc) is 3.45. The molecular formula is C24H19N3O3S. The summed E-state index contributed by atoms with van der Waals surface area (Å²) in [7, 11) is 0. The van der Waals surface area contributed by atoms with Crippen molar-refractivity contribution in [1.82, 2.24) is 4.98 Å². The molecule has 0 fully saturated rings. The lowest BCUT2D eigenvalue weighted by Gasteiger charge is -2.08. The molecular weight excluding hydrogens is 410 g/mol. The second-order valence-corrected chi connectivity index (χ2v) is 7.86. The monoisotopic (exact) mass is 429 g/mol. The molecule has 7 heteroatoms. The number of anilines is 3. The highest BCUT2D eigenvalue weighted by Gasteiger charge is 2.16. The van der Waals surface area contributed by atoms with Crippen LogP contribution >= 0.6 is 11.3 Å². The van der Waals surface area contributed by atoms with Crippen LogP contribution in [0.4, 0.5) is 17.1 Å². The first kappa shape index (κ1) is 19.1. The van der Waals surface area contributed by atoms with Crippen molar-refractivity contribution in [3.63, 3.8) is 0 Å². The van der Waals surface area contributed by atoms with E-state index >= 15 is 0 Å². The van der Waals surface area contributed by atoms with Crippen LogP contribution in [0.15, 0.2) is 78.2 Å². The Morgan fingerprint density at radius 2 is 1.65 bits per heavy atom. The third-order valence-corrected chi connectivity index (χ3v) is 5.68. The number of para-hydroxylation sites is 1. The maximum Gasteiger partial charge on any atom is 0.231 e. The minimum absolute atomic E-state index is 0.105. The van der Waals surface area contributed by atoms with Gasteiger partial charge in [0, 0.05) is 28.0 Å². The third kappa shape index (κ3) is 4.51. The molecule has 1 aliphatic rings. The van der Waals surface area contributed by atoms with Crippen LogP contribution in [0.5, 0.6) is 11.5 Å². The standard InChI is InChI=1S/C24H19N3O3S/c28-23(26-19-9-7-18(8-10-19)25-17-4-2-1-3-5-17)13-20-14-31-24(27-20)16-6-11-21-22(12-16)30-15-29-21/h1-12,14,25H,13,15H2,(H,26,28). The first-order valence-corrected chi connectivity index (χ1v) is 10.7. The Bertz CT molecular complexity index is 1210. The summed E-state index contributed by atoms with van der Waals surface area (Å²) in [6, 6.07) is 23.3. The summed E-state index contributed by atoms with van der Waals surface area (Å²) < 4.78 is 10.8. The van der Waals surface area contributed by atoms with Crippen LogP contribution < -0.4 is 20.1 Å². The SMILES string of the molecule is O=C(Cc1csc(-c2ccc3c(c2)OCO3)n1)Nc1ccc(Nc2ccccc2)cc1. The van der Waals surface area contributed by atoms with Crippen molar-refractivity contribution in [3.8, 4) is 22.1 Å². The summed E-state index contributed by atoms with van der Waals surface area (Å²) in [4.78, 5) is 17.1. The van der Waals surface area contributed by atoms with E-state index < -0.39 is 0 Å². The van der Waals surface area contributed by atoms with Crippen LogP contribution in [0.3, 0.4) is 0 Å². The molecule has 0 saturated heterocycles. The van der Waals surface area contributed by atoms with E-state index in [1.54, 1.807) is 0 Å².